The van der Waals surface area contributed by atoms with Gasteiger partial charge in [0.15, 0.2) is 0 Å². The summed E-state index contributed by atoms with van der Waals surface area (Å²) in [6.07, 6.45) is 28.2. The lowest BCUT2D eigenvalue weighted by atomic mass is 10.1. The van der Waals surface area contributed by atoms with Gasteiger partial charge in [0.2, 0.25) is 0 Å². The van der Waals surface area contributed by atoms with Crippen molar-refractivity contribution in [3.63, 3.8) is 0 Å². The summed E-state index contributed by atoms with van der Waals surface area (Å²) in [4.78, 5) is 11.2. The van der Waals surface area contributed by atoms with Crippen LogP contribution >= 0.6 is 0 Å². The first-order valence-corrected chi connectivity index (χ1v) is 9.56. The second kappa shape index (κ2) is 19.5. The van der Waals surface area contributed by atoms with Crippen molar-refractivity contribution < 1.29 is 9.53 Å². The number of allylic oxidation sites excluding steroid dienone is 8. The summed E-state index contributed by atoms with van der Waals surface area (Å²) in [5.74, 6) is -0.0588. The molecule has 0 atom stereocenters. The van der Waals surface area contributed by atoms with Gasteiger partial charge in [0.1, 0.15) is 0 Å². The lowest BCUT2D eigenvalue weighted by Crippen LogP contribution is -2.02. The lowest BCUT2D eigenvalue weighted by Gasteiger charge is -2.01. The van der Waals surface area contributed by atoms with Crippen LogP contribution in [0, 0.1) is 0 Å². The van der Waals surface area contributed by atoms with Crippen molar-refractivity contribution in [2.45, 2.75) is 78.1 Å². The third-order valence-corrected chi connectivity index (χ3v) is 3.53. The highest BCUT2D eigenvalue weighted by Crippen LogP contribution is 2.07. The molecule has 0 rings (SSSR count). The molecule has 2 nitrogen and oxygen atoms in total. The van der Waals surface area contributed by atoms with Crippen LogP contribution in [0.5, 0.6) is 0 Å². The summed E-state index contributed by atoms with van der Waals surface area (Å²) < 4.78 is 4.91. The van der Waals surface area contributed by atoms with E-state index in [1.165, 1.54) is 12.8 Å². The highest BCUT2D eigenvalue weighted by atomic mass is 16.5. The van der Waals surface area contributed by atoms with Gasteiger partial charge in [-0.1, -0.05) is 68.4 Å². The van der Waals surface area contributed by atoms with E-state index in [-0.39, 0.29) is 5.97 Å². The first-order chi connectivity index (χ1) is 11.8. The molecule has 0 aliphatic heterocycles. The number of carbonyl (C=O) groups excluding carboxylic acids is 1. The zero-order valence-electron chi connectivity index (χ0n) is 15.7. The minimum Gasteiger partial charge on any atom is -0.466 e. The first kappa shape index (κ1) is 22.4. The Balaban J connectivity index is 3.36. The van der Waals surface area contributed by atoms with Crippen molar-refractivity contribution in [3.05, 3.63) is 48.6 Å². The minimum absolute atomic E-state index is 0.0588. The molecular weight excluding hydrogens is 296 g/mol. The van der Waals surface area contributed by atoms with Crippen LogP contribution in [0.3, 0.4) is 0 Å². The van der Waals surface area contributed by atoms with Gasteiger partial charge in [-0.3, -0.25) is 4.79 Å². The molecule has 0 bridgehead atoms. The summed E-state index contributed by atoms with van der Waals surface area (Å²) in [5.41, 5.74) is 0. The van der Waals surface area contributed by atoms with E-state index in [9.17, 15) is 4.79 Å². The fourth-order valence-electron chi connectivity index (χ4n) is 2.22. The van der Waals surface area contributed by atoms with Crippen LogP contribution in [-0.2, 0) is 9.53 Å². The van der Waals surface area contributed by atoms with Gasteiger partial charge in [0.05, 0.1) is 6.61 Å². The average molecular weight is 333 g/mol. The zero-order chi connectivity index (χ0) is 17.7. The van der Waals surface area contributed by atoms with Crippen LogP contribution in [0.2, 0.25) is 0 Å². The Labute approximate surface area is 149 Å². The van der Waals surface area contributed by atoms with Crippen LogP contribution in [0.1, 0.15) is 78.1 Å². The number of esters is 1. The Hall–Kier alpha value is -1.57. The molecule has 136 valence electrons. The molecular formula is C22H36O2. The van der Waals surface area contributed by atoms with Crippen molar-refractivity contribution in [3.8, 4) is 0 Å². The second-order valence-corrected chi connectivity index (χ2v) is 5.76. The van der Waals surface area contributed by atoms with Crippen LogP contribution < -0.4 is 0 Å². The van der Waals surface area contributed by atoms with Gasteiger partial charge >= 0.3 is 5.97 Å². The monoisotopic (exact) mass is 332 g/mol. The topological polar surface area (TPSA) is 26.3 Å². The predicted molar refractivity (Wildman–Crippen MR) is 105 cm³/mol. The molecule has 0 aromatic heterocycles. The highest BCUT2D eigenvalue weighted by Gasteiger charge is 1.99. The summed E-state index contributed by atoms with van der Waals surface area (Å²) in [5, 5.41) is 0. The van der Waals surface area contributed by atoms with Gasteiger partial charge in [0, 0.05) is 6.42 Å². The Morgan fingerprint density at radius 3 is 1.83 bits per heavy atom. The van der Waals surface area contributed by atoms with Crippen molar-refractivity contribution in [2.24, 2.45) is 0 Å². The molecule has 0 unspecified atom stereocenters. The fraction of sp³-hybridized carbons (Fsp3) is 0.591. The third kappa shape index (κ3) is 18.5. The Kier molecular flexibility index (Phi) is 18.2. The smallest absolute Gasteiger partial charge is 0.305 e. The van der Waals surface area contributed by atoms with E-state index in [1.54, 1.807) is 0 Å². The zero-order valence-corrected chi connectivity index (χ0v) is 15.7. The standard InChI is InChI=1S/C22H36O2/c1-3-5-6-7-8-9-10-11-12-13-14-15-16-17-18-19-20-21-22(23)24-4-2/h5-6,8-9,11-12,14-15H,3-4,7,10,13,16-21H2,1-2H3. The average Bonchev–Trinajstić information content (AvgIpc) is 2.58. The van der Waals surface area contributed by atoms with E-state index >= 15 is 0 Å². The molecule has 0 saturated heterocycles. The van der Waals surface area contributed by atoms with Gasteiger partial charge < -0.3 is 4.74 Å². The quantitative estimate of drug-likeness (QED) is 0.189. The molecule has 0 N–H and O–H groups in total. The summed E-state index contributed by atoms with van der Waals surface area (Å²) in [6.45, 7) is 4.50. The maximum atomic E-state index is 11.2. The number of carbonyl (C=O) groups is 1. The van der Waals surface area contributed by atoms with Crippen molar-refractivity contribution >= 4 is 5.97 Å². The third-order valence-electron chi connectivity index (χ3n) is 3.53. The largest absolute Gasteiger partial charge is 0.466 e. The van der Waals surface area contributed by atoms with Gasteiger partial charge in [-0.2, -0.15) is 0 Å². The van der Waals surface area contributed by atoms with E-state index < -0.39 is 0 Å². The number of ether oxygens (including phenoxy) is 1. The van der Waals surface area contributed by atoms with Crippen LogP contribution in [-0.4, -0.2) is 12.6 Å². The molecule has 2 heteroatoms. The number of hydrogen-bond donors (Lipinski definition) is 0. The van der Waals surface area contributed by atoms with Gasteiger partial charge in [0.25, 0.3) is 0 Å². The molecule has 0 amide bonds. The maximum Gasteiger partial charge on any atom is 0.305 e. The van der Waals surface area contributed by atoms with E-state index in [0.29, 0.717) is 13.0 Å². The van der Waals surface area contributed by atoms with E-state index in [2.05, 4.69) is 55.5 Å². The Morgan fingerprint density at radius 2 is 1.25 bits per heavy atom. The summed E-state index contributed by atoms with van der Waals surface area (Å²) in [7, 11) is 0. The van der Waals surface area contributed by atoms with Crippen LogP contribution in [0.15, 0.2) is 48.6 Å². The van der Waals surface area contributed by atoms with Gasteiger partial charge in [-0.25, -0.2) is 0 Å². The lowest BCUT2D eigenvalue weighted by molar-refractivity contribution is -0.143. The predicted octanol–water partition coefficient (Wildman–Crippen LogP) is 6.70. The summed E-state index contributed by atoms with van der Waals surface area (Å²) in [6, 6.07) is 0. The number of unbranched alkanes of at least 4 members (excludes halogenated alkanes) is 4. The first-order valence-electron chi connectivity index (χ1n) is 9.56. The normalized spacial score (nSPS) is 12.2. The minimum atomic E-state index is -0.0588. The molecule has 0 radical (unpaired) electrons. The number of rotatable bonds is 15. The van der Waals surface area contributed by atoms with Gasteiger partial charge in [-0.15, -0.1) is 0 Å². The van der Waals surface area contributed by atoms with E-state index in [0.717, 1.165) is 44.9 Å². The molecule has 0 spiro atoms. The van der Waals surface area contributed by atoms with E-state index in [4.69, 9.17) is 4.74 Å². The molecule has 0 aliphatic carbocycles. The van der Waals surface area contributed by atoms with Gasteiger partial charge in [-0.05, 0) is 51.9 Å². The molecule has 0 aliphatic rings. The van der Waals surface area contributed by atoms with Crippen molar-refractivity contribution in [2.75, 3.05) is 6.61 Å². The van der Waals surface area contributed by atoms with Crippen LogP contribution in [0.4, 0.5) is 0 Å². The highest BCUT2D eigenvalue weighted by molar-refractivity contribution is 5.69. The molecule has 0 aromatic rings. The number of hydrogen-bond acceptors (Lipinski definition) is 2. The van der Waals surface area contributed by atoms with Crippen LogP contribution in [0.25, 0.3) is 0 Å². The molecule has 0 heterocycles. The second-order valence-electron chi connectivity index (χ2n) is 5.76. The fourth-order valence-corrected chi connectivity index (χ4v) is 2.22. The van der Waals surface area contributed by atoms with E-state index in [1.807, 2.05) is 6.92 Å². The molecule has 0 saturated carbocycles. The SMILES string of the molecule is CCC=CCC=CCC=CCC=CCCCCCCC(=O)OCC. The molecule has 24 heavy (non-hydrogen) atoms. The Bertz CT molecular complexity index is 389. The van der Waals surface area contributed by atoms with Crippen molar-refractivity contribution in [1.29, 1.82) is 0 Å². The Morgan fingerprint density at radius 1 is 0.708 bits per heavy atom. The molecule has 0 fully saturated rings. The van der Waals surface area contributed by atoms with Crippen molar-refractivity contribution in [1.82, 2.24) is 0 Å². The summed E-state index contributed by atoms with van der Waals surface area (Å²) >= 11 is 0. The maximum absolute atomic E-state index is 11.2. The molecule has 0 aromatic carbocycles.